The van der Waals surface area contributed by atoms with Gasteiger partial charge in [0.05, 0.1) is 0 Å². The maximum atomic E-state index is 11.3. The molecule has 0 saturated heterocycles. The lowest BCUT2D eigenvalue weighted by Gasteiger charge is -2.09. The van der Waals surface area contributed by atoms with Gasteiger partial charge in [-0.15, -0.1) is 0 Å². The van der Waals surface area contributed by atoms with E-state index in [2.05, 4.69) is 5.32 Å². The zero-order valence-electron chi connectivity index (χ0n) is 15.6. The molecule has 0 atom stereocenters. The Kier molecular flexibility index (Phi) is 6.44. The van der Waals surface area contributed by atoms with Crippen molar-refractivity contribution in [1.82, 2.24) is 5.48 Å². The molecule has 0 aliphatic carbocycles. The van der Waals surface area contributed by atoms with Gasteiger partial charge in [-0.3, -0.25) is 10.0 Å². The number of carbonyl (C=O) groups excluding carboxylic acids is 1. The lowest BCUT2D eigenvalue weighted by atomic mass is 10.1. The van der Waals surface area contributed by atoms with E-state index in [1.807, 2.05) is 79.7 Å². The number of amides is 1. The molecular formula is C23H22N2O3. The van der Waals surface area contributed by atoms with Crippen molar-refractivity contribution in [3.63, 3.8) is 0 Å². The van der Waals surface area contributed by atoms with Gasteiger partial charge in [0.15, 0.2) is 0 Å². The van der Waals surface area contributed by atoms with Gasteiger partial charge in [-0.25, -0.2) is 5.48 Å². The molecule has 0 radical (unpaired) electrons. The van der Waals surface area contributed by atoms with E-state index in [-0.39, 0.29) is 0 Å². The Morgan fingerprint density at radius 1 is 0.929 bits per heavy atom. The highest BCUT2D eigenvalue weighted by atomic mass is 16.5. The minimum atomic E-state index is -0.520. The number of rotatable bonds is 7. The third-order valence-electron chi connectivity index (χ3n) is 4.09. The molecule has 0 aliphatic rings. The highest BCUT2D eigenvalue weighted by Crippen LogP contribution is 2.22. The number of anilines is 1. The van der Waals surface area contributed by atoms with E-state index in [0.29, 0.717) is 12.1 Å². The number of ether oxygens (including phenoxy) is 1. The average molecular weight is 374 g/mol. The zero-order chi connectivity index (χ0) is 19.8. The van der Waals surface area contributed by atoms with Gasteiger partial charge >= 0.3 is 0 Å². The van der Waals surface area contributed by atoms with Crippen LogP contribution in [0, 0.1) is 0 Å². The smallest absolute Gasteiger partial charge is 0.274 e. The summed E-state index contributed by atoms with van der Waals surface area (Å²) < 4.78 is 5.79. The van der Waals surface area contributed by atoms with Crippen LogP contribution in [0.5, 0.6) is 11.5 Å². The summed E-state index contributed by atoms with van der Waals surface area (Å²) in [7, 11) is 0. The van der Waals surface area contributed by atoms with E-state index < -0.39 is 5.91 Å². The van der Waals surface area contributed by atoms with Crippen molar-refractivity contribution in [2.75, 3.05) is 11.9 Å². The average Bonchev–Trinajstić information content (AvgIpc) is 2.74. The van der Waals surface area contributed by atoms with E-state index >= 15 is 0 Å². The minimum Gasteiger partial charge on any atom is -0.457 e. The molecular weight excluding hydrogens is 352 g/mol. The molecule has 5 nitrogen and oxygen atoms in total. The fourth-order valence-corrected chi connectivity index (χ4v) is 2.64. The number of benzene rings is 3. The standard InChI is InChI=1S/C23H22N2O3/c1-17(15-18-7-9-19(10-8-18)23(26)25-27)16-24-20-11-13-22(14-12-20)28-21-5-3-2-4-6-21/h2-15,24,27H,16H2,1H3,(H,25,26). The quantitative estimate of drug-likeness (QED) is 0.397. The van der Waals surface area contributed by atoms with E-state index in [1.165, 1.54) is 0 Å². The van der Waals surface area contributed by atoms with Gasteiger partial charge in [-0.05, 0) is 61.0 Å². The lowest BCUT2D eigenvalue weighted by Crippen LogP contribution is -2.18. The molecule has 0 heterocycles. The number of hydrogen-bond donors (Lipinski definition) is 3. The summed E-state index contributed by atoms with van der Waals surface area (Å²) in [5.74, 6) is 1.08. The third kappa shape index (κ3) is 5.46. The number of hydroxylamine groups is 1. The van der Waals surface area contributed by atoms with Gasteiger partial charge in [0.25, 0.3) is 5.91 Å². The first-order valence-corrected chi connectivity index (χ1v) is 8.92. The van der Waals surface area contributed by atoms with Crippen LogP contribution in [0.4, 0.5) is 5.69 Å². The number of para-hydroxylation sites is 1. The van der Waals surface area contributed by atoms with Crippen molar-refractivity contribution in [2.45, 2.75) is 6.92 Å². The zero-order valence-corrected chi connectivity index (χ0v) is 15.6. The van der Waals surface area contributed by atoms with Crippen LogP contribution in [0.15, 0.2) is 84.4 Å². The molecule has 28 heavy (non-hydrogen) atoms. The van der Waals surface area contributed by atoms with Gasteiger partial charge in [-0.1, -0.05) is 42.0 Å². The summed E-state index contributed by atoms with van der Waals surface area (Å²) in [6, 6.07) is 24.5. The second kappa shape index (κ2) is 9.39. The molecule has 3 rings (SSSR count). The van der Waals surface area contributed by atoms with Crippen LogP contribution in [-0.4, -0.2) is 17.7 Å². The van der Waals surface area contributed by atoms with Crippen LogP contribution in [0.3, 0.4) is 0 Å². The second-order valence-electron chi connectivity index (χ2n) is 6.35. The minimum absolute atomic E-state index is 0.410. The molecule has 3 aromatic rings. The van der Waals surface area contributed by atoms with Crippen LogP contribution in [0.2, 0.25) is 0 Å². The van der Waals surface area contributed by atoms with Crippen molar-refractivity contribution >= 4 is 17.7 Å². The summed E-state index contributed by atoms with van der Waals surface area (Å²) in [5, 5.41) is 12.0. The predicted molar refractivity (Wildman–Crippen MR) is 111 cm³/mol. The molecule has 142 valence electrons. The number of nitrogens with one attached hydrogen (secondary N) is 2. The molecule has 0 fully saturated rings. The molecule has 0 aliphatic heterocycles. The monoisotopic (exact) mass is 374 g/mol. The van der Waals surface area contributed by atoms with Gasteiger partial charge < -0.3 is 10.1 Å². The van der Waals surface area contributed by atoms with Crippen molar-refractivity contribution in [3.05, 3.63) is 95.6 Å². The van der Waals surface area contributed by atoms with Crippen molar-refractivity contribution in [2.24, 2.45) is 0 Å². The lowest BCUT2D eigenvalue weighted by molar-refractivity contribution is 0.0706. The van der Waals surface area contributed by atoms with Crippen LogP contribution < -0.4 is 15.5 Å². The van der Waals surface area contributed by atoms with Crippen molar-refractivity contribution < 1.29 is 14.7 Å². The Hall–Kier alpha value is -3.57. The largest absolute Gasteiger partial charge is 0.457 e. The highest BCUT2D eigenvalue weighted by Gasteiger charge is 2.03. The first-order chi connectivity index (χ1) is 13.6. The molecule has 0 unspecified atom stereocenters. The first kappa shape index (κ1) is 19.2. The maximum absolute atomic E-state index is 11.3. The van der Waals surface area contributed by atoms with Crippen LogP contribution in [0.1, 0.15) is 22.8 Å². The molecule has 5 heteroatoms. The van der Waals surface area contributed by atoms with Crippen LogP contribution in [-0.2, 0) is 0 Å². The molecule has 3 N–H and O–H groups in total. The summed E-state index contributed by atoms with van der Waals surface area (Å²) in [6.45, 7) is 2.73. The number of carbonyl (C=O) groups is 1. The Bertz CT molecular complexity index is 934. The second-order valence-corrected chi connectivity index (χ2v) is 6.35. The Labute approximate surface area is 164 Å². The molecule has 3 aromatic carbocycles. The van der Waals surface area contributed by atoms with E-state index in [9.17, 15) is 4.79 Å². The van der Waals surface area contributed by atoms with Crippen molar-refractivity contribution in [3.8, 4) is 11.5 Å². The number of hydrogen-bond acceptors (Lipinski definition) is 4. The van der Waals surface area contributed by atoms with Gasteiger partial charge in [0.2, 0.25) is 0 Å². The van der Waals surface area contributed by atoms with Crippen molar-refractivity contribution in [1.29, 1.82) is 0 Å². The summed E-state index contributed by atoms with van der Waals surface area (Å²) in [4.78, 5) is 11.3. The molecule has 0 spiro atoms. The SMILES string of the molecule is CC(=Cc1ccc(C(=O)NO)cc1)CNc1ccc(Oc2ccccc2)cc1. The van der Waals surface area contributed by atoms with E-state index in [1.54, 1.807) is 17.6 Å². The fraction of sp³-hybridized carbons (Fsp3) is 0.0870. The third-order valence-corrected chi connectivity index (χ3v) is 4.09. The molecule has 0 bridgehead atoms. The van der Waals surface area contributed by atoms with Gasteiger partial charge in [-0.2, -0.15) is 0 Å². The van der Waals surface area contributed by atoms with Crippen LogP contribution in [0.25, 0.3) is 6.08 Å². The van der Waals surface area contributed by atoms with Crippen LogP contribution >= 0.6 is 0 Å². The summed E-state index contributed by atoms with van der Waals surface area (Å²) in [6.07, 6.45) is 2.04. The Morgan fingerprint density at radius 3 is 2.21 bits per heavy atom. The van der Waals surface area contributed by atoms with Gasteiger partial charge in [0.1, 0.15) is 11.5 Å². The highest BCUT2D eigenvalue weighted by molar-refractivity contribution is 5.93. The van der Waals surface area contributed by atoms with E-state index in [0.717, 1.165) is 28.3 Å². The normalized spacial score (nSPS) is 11.0. The van der Waals surface area contributed by atoms with E-state index in [4.69, 9.17) is 9.94 Å². The molecule has 0 aromatic heterocycles. The fourth-order valence-electron chi connectivity index (χ4n) is 2.64. The van der Waals surface area contributed by atoms with Gasteiger partial charge in [0, 0.05) is 17.8 Å². The summed E-state index contributed by atoms with van der Waals surface area (Å²) in [5.41, 5.74) is 5.17. The topological polar surface area (TPSA) is 70.6 Å². The molecule has 0 saturated carbocycles. The summed E-state index contributed by atoms with van der Waals surface area (Å²) >= 11 is 0. The predicted octanol–water partition coefficient (Wildman–Crippen LogP) is 5.11. The maximum Gasteiger partial charge on any atom is 0.274 e. The Morgan fingerprint density at radius 2 is 1.57 bits per heavy atom. The Balaban J connectivity index is 1.54. The molecule has 1 amide bonds. The first-order valence-electron chi connectivity index (χ1n) is 8.92.